The molecule has 2 saturated heterocycles. The number of urea groups is 2. The van der Waals surface area contributed by atoms with E-state index in [-0.39, 0.29) is 30.1 Å². The van der Waals surface area contributed by atoms with Crippen LogP contribution in [0.5, 0.6) is 0 Å². The number of hydrogen-bond donors (Lipinski definition) is 2. The van der Waals surface area contributed by atoms with Crippen LogP contribution in [0.15, 0.2) is 59.5 Å². The van der Waals surface area contributed by atoms with Gasteiger partial charge in [0.2, 0.25) is 0 Å². The zero-order valence-corrected chi connectivity index (χ0v) is 23.6. The minimum atomic E-state index is -0.319. The normalized spacial score (nSPS) is 16.9. The number of pyridine rings is 1. The van der Waals surface area contributed by atoms with Gasteiger partial charge in [0.05, 0.1) is 5.52 Å². The Balaban J connectivity index is 1.18. The number of carbonyl (C=O) groups is 2. The van der Waals surface area contributed by atoms with Crippen molar-refractivity contribution in [1.29, 1.82) is 0 Å². The van der Waals surface area contributed by atoms with E-state index in [1.165, 1.54) is 0 Å². The fourth-order valence-electron chi connectivity index (χ4n) is 5.39. The summed E-state index contributed by atoms with van der Waals surface area (Å²) in [6.45, 7) is 2.99. The van der Waals surface area contributed by atoms with Crippen LogP contribution in [0.25, 0.3) is 16.6 Å². The molecule has 2 aromatic carbocycles. The van der Waals surface area contributed by atoms with Gasteiger partial charge in [0, 0.05) is 71.9 Å². The highest BCUT2D eigenvalue weighted by Crippen LogP contribution is 2.23. The van der Waals surface area contributed by atoms with Gasteiger partial charge in [0.25, 0.3) is 0 Å². The second kappa shape index (κ2) is 12.3. The lowest BCUT2D eigenvalue weighted by atomic mass is 10.1. The lowest BCUT2D eigenvalue weighted by Crippen LogP contribution is -2.53. The number of para-hydroxylation sites is 1. The number of hydrogen-bond acceptors (Lipinski definition) is 4. The van der Waals surface area contributed by atoms with Gasteiger partial charge in [-0.25, -0.2) is 9.59 Å². The van der Waals surface area contributed by atoms with Crippen LogP contribution < -0.4 is 16.1 Å². The Hall–Kier alpha value is -3.17. The molecule has 0 atom stereocenters. The SMILES string of the molecule is CSC1CCN(C(=O)N2CCC(NC(=O)NCc3cn(-c4ccccc4)c4cc(Cl)ccc4c3=O)CC2)CC1. The van der Waals surface area contributed by atoms with Crippen molar-refractivity contribution in [2.45, 2.75) is 43.5 Å². The molecule has 8 nitrogen and oxygen atoms in total. The highest BCUT2D eigenvalue weighted by Gasteiger charge is 2.29. The van der Waals surface area contributed by atoms with Gasteiger partial charge in [-0.05, 0) is 62.3 Å². The standard InChI is InChI=1S/C29H34ClN5O3S/c1-39-24-11-15-34(16-12-24)29(38)33-13-9-22(10-14-33)32-28(37)31-18-20-19-35(23-5-3-2-4-6-23)26-17-21(30)7-8-25(26)27(20)36/h2-8,17,19,22,24H,9-16,18H2,1H3,(H2,31,32,37). The van der Waals surface area contributed by atoms with E-state index in [9.17, 15) is 14.4 Å². The number of fused-ring (bicyclic) bond motifs is 1. The highest BCUT2D eigenvalue weighted by atomic mass is 35.5. The molecule has 0 saturated carbocycles. The molecule has 0 bridgehead atoms. The molecule has 2 aliphatic rings. The molecular weight excluding hydrogens is 534 g/mol. The quantitative estimate of drug-likeness (QED) is 0.461. The summed E-state index contributed by atoms with van der Waals surface area (Å²) in [5.41, 5.74) is 1.95. The lowest BCUT2D eigenvalue weighted by molar-refractivity contribution is 0.130. The maximum absolute atomic E-state index is 13.2. The largest absolute Gasteiger partial charge is 0.335 e. The molecule has 3 aromatic rings. The fourth-order valence-corrected chi connectivity index (χ4v) is 6.24. The number of aromatic nitrogens is 1. The van der Waals surface area contributed by atoms with Crippen molar-refractivity contribution in [3.8, 4) is 5.69 Å². The number of thioether (sulfide) groups is 1. The second-order valence-corrected chi connectivity index (χ2v) is 11.7. The van der Waals surface area contributed by atoms with Crippen LogP contribution in [0.3, 0.4) is 0 Å². The number of rotatable bonds is 5. The number of nitrogens with one attached hydrogen (secondary N) is 2. The maximum atomic E-state index is 13.2. The average Bonchev–Trinajstić information content (AvgIpc) is 2.97. The van der Waals surface area contributed by atoms with Crippen LogP contribution in [0.2, 0.25) is 5.02 Å². The summed E-state index contributed by atoms with van der Waals surface area (Å²) >= 11 is 8.12. The van der Waals surface area contributed by atoms with E-state index in [2.05, 4.69) is 16.9 Å². The van der Waals surface area contributed by atoms with Crippen LogP contribution in [-0.4, -0.2) is 70.2 Å². The number of halogens is 1. The third-order valence-corrected chi connectivity index (χ3v) is 9.03. The predicted molar refractivity (Wildman–Crippen MR) is 158 cm³/mol. The van der Waals surface area contributed by atoms with Gasteiger partial charge in [-0.1, -0.05) is 29.8 Å². The lowest BCUT2D eigenvalue weighted by Gasteiger charge is -2.38. The van der Waals surface area contributed by atoms with Gasteiger partial charge in [-0.2, -0.15) is 11.8 Å². The summed E-state index contributed by atoms with van der Waals surface area (Å²) < 4.78 is 1.92. The number of likely N-dealkylation sites (tertiary alicyclic amines) is 2. The predicted octanol–water partition coefficient (Wildman–Crippen LogP) is 4.86. The summed E-state index contributed by atoms with van der Waals surface area (Å²) in [4.78, 5) is 42.7. The molecule has 0 aliphatic carbocycles. The van der Waals surface area contributed by atoms with E-state index >= 15 is 0 Å². The molecule has 3 heterocycles. The number of piperidine rings is 2. The molecule has 5 rings (SSSR count). The summed E-state index contributed by atoms with van der Waals surface area (Å²) in [6.07, 6.45) is 7.41. The van der Waals surface area contributed by atoms with E-state index in [4.69, 9.17) is 11.6 Å². The van der Waals surface area contributed by atoms with Gasteiger partial charge in [-0.3, -0.25) is 4.79 Å². The molecule has 206 valence electrons. The molecule has 0 radical (unpaired) electrons. The van der Waals surface area contributed by atoms with E-state index in [1.54, 1.807) is 24.4 Å². The first-order chi connectivity index (χ1) is 18.9. The van der Waals surface area contributed by atoms with Crippen molar-refractivity contribution in [2.75, 3.05) is 32.4 Å². The zero-order chi connectivity index (χ0) is 27.4. The van der Waals surface area contributed by atoms with Crippen LogP contribution in [0.1, 0.15) is 31.2 Å². The average molecular weight is 568 g/mol. The number of carbonyl (C=O) groups excluding carboxylic acids is 2. The fraction of sp³-hybridized carbons (Fsp3) is 0.414. The highest BCUT2D eigenvalue weighted by molar-refractivity contribution is 7.99. The van der Waals surface area contributed by atoms with Crippen molar-refractivity contribution < 1.29 is 9.59 Å². The molecule has 0 unspecified atom stereocenters. The Kier molecular flexibility index (Phi) is 8.67. The Labute approximate surface area is 237 Å². The van der Waals surface area contributed by atoms with E-state index in [0.29, 0.717) is 52.7 Å². The van der Waals surface area contributed by atoms with Gasteiger partial charge in [0.1, 0.15) is 0 Å². The van der Waals surface area contributed by atoms with Crippen molar-refractivity contribution in [1.82, 2.24) is 25.0 Å². The Morgan fingerprint density at radius 3 is 2.31 bits per heavy atom. The van der Waals surface area contributed by atoms with E-state index in [0.717, 1.165) is 31.6 Å². The van der Waals surface area contributed by atoms with Gasteiger partial charge in [-0.15, -0.1) is 0 Å². The summed E-state index contributed by atoms with van der Waals surface area (Å²) in [5.74, 6) is 0. The molecule has 1 aromatic heterocycles. The third-order valence-electron chi connectivity index (χ3n) is 7.66. The van der Waals surface area contributed by atoms with Crippen molar-refractivity contribution in [3.63, 3.8) is 0 Å². The third kappa shape index (κ3) is 6.36. The molecule has 10 heteroatoms. The summed E-state index contributed by atoms with van der Waals surface area (Å²) in [6, 6.07) is 14.7. The van der Waals surface area contributed by atoms with Gasteiger partial charge >= 0.3 is 12.1 Å². The van der Waals surface area contributed by atoms with Gasteiger partial charge < -0.3 is 25.0 Å². The summed E-state index contributed by atoms with van der Waals surface area (Å²) in [5, 5.41) is 7.61. The summed E-state index contributed by atoms with van der Waals surface area (Å²) in [7, 11) is 0. The van der Waals surface area contributed by atoms with Crippen LogP contribution in [0, 0.1) is 0 Å². The Morgan fingerprint density at radius 2 is 1.64 bits per heavy atom. The molecule has 2 fully saturated rings. The molecule has 4 amide bonds. The first-order valence-corrected chi connectivity index (χ1v) is 15.1. The van der Waals surface area contributed by atoms with Crippen molar-refractivity contribution in [2.24, 2.45) is 0 Å². The Bertz CT molecular complexity index is 1380. The molecular formula is C29H34ClN5O3S. The molecule has 0 spiro atoms. The monoisotopic (exact) mass is 567 g/mol. The van der Waals surface area contributed by atoms with Crippen LogP contribution >= 0.6 is 23.4 Å². The molecule has 2 aliphatic heterocycles. The topological polar surface area (TPSA) is 86.7 Å². The van der Waals surface area contributed by atoms with E-state index < -0.39 is 0 Å². The smallest absolute Gasteiger partial charge is 0.320 e. The van der Waals surface area contributed by atoms with Crippen LogP contribution in [0.4, 0.5) is 9.59 Å². The van der Waals surface area contributed by atoms with Crippen LogP contribution in [-0.2, 0) is 6.54 Å². The van der Waals surface area contributed by atoms with Crippen molar-refractivity contribution in [3.05, 3.63) is 75.5 Å². The number of nitrogens with zero attached hydrogens (tertiary/aromatic N) is 3. The minimum Gasteiger partial charge on any atom is -0.335 e. The first-order valence-electron chi connectivity index (χ1n) is 13.4. The minimum absolute atomic E-state index is 0.0176. The Morgan fingerprint density at radius 1 is 0.974 bits per heavy atom. The second-order valence-electron chi connectivity index (χ2n) is 10.1. The number of amides is 4. The van der Waals surface area contributed by atoms with E-state index in [1.807, 2.05) is 56.5 Å². The van der Waals surface area contributed by atoms with Crippen molar-refractivity contribution >= 4 is 46.3 Å². The maximum Gasteiger partial charge on any atom is 0.320 e. The number of benzene rings is 2. The first kappa shape index (κ1) is 27.4. The zero-order valence-electron chi connectivity index (χ0n) is 22.1. The van der Waals surface area contributed by atoms with Gasteiger partial charge in [0.15, 0.2) is 5.43 Å². The molecule has 2 N–H and O–H groups in total. The molecule has 39 heavy (non-hydrogen) atoms.